The van der Waals surface area contributed by atoms with Gasteiger partial charge >= 0.3 is 0 Å². The van der Waals surface area contributed by atoms with Crippen molar-refractivity contribution in [1.29, 1.82) is 0 Å². The quantitative estimate of drug-likeness (QED) is 0.0360. The first-order valence-corrected chi connectivity index (χ1v) is 34.7. The Labute approximate surface area is 540 Å². The molecule has 0 aliphatic rings. The van der Waals surface area contributed by atoms with Crippen molar-refractivity contribution in [2.45, 2.75) is 362 Å². The van der Waals surface area contributed by atoms with Crippen molar-refractivity contribution in [3.05, 3.63) is 14.4 Å². The maximum Gasteiger partial charge on any atom is 0.219 e. The molecule has 0 saturated carbocycles. The van der Waals surface area contributed by atoms with E-state index in [0.29, 0.717) is 31.0 Å². The summed E-state index contributed by atoms with van der Waals surface area (Å²) in [6.45, 7) is 47.2. The number of hydrogen-bond acceptors (Lipinski definition) is 5. The molecule has 8 heteroatoms. The van der Waals surface area contributed by atoms with E-state index in [9.17, 15) is 14.4 Å². The molecule has 0 aromatic carbocycles. The molecule has 0 aliphatic carbocycles. The van der Waals surface area contributed by atoms with E-state index >= 15 is 0 Å². The number of amides is 2. The number of ketones is 1. The van der Waals surface area contributed by atoms with Gasteiger partial charge in [0.15, 0.2) is 0 Å². The van der Waals surface area contributed by atoms with Crippen LogP contribution in [0.2, 0.25) is 0 Å². The van der Waals surface area contributed by atoms with Gasteiger partial charge in [0.25, 0.3) is 0 Å². The molecule has 81 heavy (non-hydrogen) atoms. The second-order valence-corrected chi connectivity index (χ2v) is 25.9. The molecule has 0 atom stereocenters. The predicted octanol–water partition coefficient (Wildman–Crippen LogP) is 22.5. The van der Waals surface area contributed by atoms with Crippen LogP contribution in [0.4, 0.5) is 0 Å². The molecule has 0 aliphatic heterocycles. The minimum absolute atomic E-state index is 0. The first kappa shape index (κ1) is 99.6. The number of nitrogens with one attached hydrogen (secondary N) is 4. The molecule has 0 aromatic heterocycles. The average molecular weight is 1230 g/mol. The predicted molar refractivity (Wildman–Crippen MR) is 368 cm³/mol. The molecule has 0 heterocycles. The van der Waals surface area contributed by atoms with Gasteiger partial charge in [0.05, 0.1) is 0 Å². The zero-order valence-corrected chi connectivity index (χ0v) is 62.9. The Balaban J connectivity index is -0.000000108. The van der Waals surface area contributed by atoms with Gasteiger partial charge in [0.2, 0.25) is 11.8 Å². The molecule has 4 N–H and O–H groups in total. The molecule has 2 amide bonds. The molecule has 493 valence electrons. The summed E-state index contributed by atoms with van der Waals surface area (Å²) in [5.41, 5.74) is 0. The monoisotopic (exact) mass is 1230 g/mol. The second kappa shape index (κ2) is 88.4. The van der Waals surface area contributed by atoms with Gasteiger partial charge in [-0.2, -0.15) is 5.92 Å². The Hall–Kier alpha value is -0.366. The summed E-state index contributed by atoms with van der Waals surface area (Å²) in [5, 5.41) is 12.1. The first-order valence-electron chi connectivity index (χ1n) is 34.7. The van der Waals surface area contributed by atoms with Crippen LogP contribution in [-0.2, 0) is 47.1 Å². The third-order valence-electron chi connectivity index (χ3n) is 13.4. The van der Waals surface area contributed by atoms with Crippen LogP contribution in [0.25, 0.3) is 0 Å². The summed E-state index contributed by atoms with van der Waals surface area (Å²) in [7, 11) is 4.04. The number of unbranched alkanes of at least 4 members (excludes halogenated alkanes) is 21. The summed E-state index contributed by atoms with van der Waals surface area (Å²) in [6, 6.07) is 0. The van der Waals surface area contributed by atoms with Crippen molar-refractivity contribution >= 4 is 17.6 Å². The second-order valence-electron chi connectivity index (χ2n) is 25.9. The molecule has 0 saturated heterocycles. The van der Waals surface area contributed by atoms with Crippen molar-refractivity contribution in [1.82, 2.24) is 21.3 Å². The molecule has 0 aromatic rings. The Morgan fingerprint density at radius 2 is 0.531 bits per heavy atom. The van der Waals surface area contributed by atoms with Gasteiger partial charge in [-0.25, -0.2) is 0 Å². The van der Waals surface area contributed by atoms with Crippen LogP contribution in [0.15, 0.2) is 0 Å². The number of hydrogen-bond donors (Lipinski definition) is 4. The van der Waals surface area contributed by atoms with E-state index in [2.05, 4.69) is 132 Å². The number of Topliss-reactive ketones (excluding diaryl/α,β-unsaturated/α-hetero) is 1. The van der Waals surface area contributed by atoms with Crippen LogP contribution >= 0.6 is 0 Å². The van der Waals surface area contributed by atoms with Gasteiger partial charge in [0, 0.05) is 71.5 Å². The summed E-state index contributed by atoms with van der Waals surface area (Å²) in [6.07, 6.45) is 47.2. The SMILES string of the molecule is CCC(=O)CCCCCCCC(C)C.CCC(=O)NCCCCCC(C)C.CCC(=O)NCCCCCCCC(C)C.CCCCCCCCC(C)C.CNCCCCCC(C)C.CNCCCCCCCC(C)C.[CH2-]C(C)C.[CH3-].[Y]. The van der Waals surface area contributed by atoms with E-state index in [1.165, 1.54) is 206 Å². The minimum Gasteiger partial charge on any atom is -0.358 e. The summed E-state index contributed by atoms with van der Waals surface area (Å²) < 4.78 is 0. The topological polar surface area (TPSA) is 99.3 Å². The number of rotatable bonds is 46. The Morgan fingerprint density at radius 3 is 0.753 bits per heavy atom. The molecule has 0 bridgehead atoms. The third kappa shape index (κ3) is 135. The third-order valence-corrected chi connectivity index (χ3v) is 13.4. The van der Waals surface area contributed by atoms with Crippen LogP contribution in [0.1, 0.15) is 362 Å². The first-order chi connectivity index (χ1) is 37.5. The van der Waals surface area contributed by atoms with Crippen molar-refractivity contribution in [2.24, 2.45) is 41.4 Å². The summed E-state index contributed by atoms with van der Waals surface area (Å²) in [4.78, 5) is 32.7. The van der Waals surface area contributed by atoms with Gasteiger partial charge in [-0.3, -0.25) is 14.4 Å². The normalized spacial score (nSPS) is 10.4. The van der Waals surface area contributed by atoms with Gasteiger partial charge in [-0.05, 0) is 94.8 Å². The van der Waals surface area contributed by atoms with Crippen molar-refractivity contribution in [2.75, 3.05) is 40.3 Å². The molecule has 0 spiro atoms. The van der Waals surface area contributed by atoms with Crippen molar-refractivity contribution in [3.8, 4) is 0 Å². The van der Waals surface area contributed by atoms with Crippen LogP contribution in [0.3, 0.4) is 0 Å². The standard InChI is InChI=1S/C13H27NO.C13H26O.C11H23NO.C11H25N.C11H24.C9H21N.C4H9.CH3.Y/c1-4-13(15)14-11-9-7-5-6-8-10-12(2)3;1-4-13(14)11-9-7-5-6-8-10-12(2)3;1-4-11(13)12-9-7-5-6-8-10(2)3;1-11(2)9-7-5-4-6-8-10-12-3;1-4-5-6-7-8-9-10-11(2)3;1-9(2)7-5-4-6-8-10-3;1-4(2)3;;/h12H,4-11H2,1-3H3,(H,14,15);12H,4-11H2,1-3H3;10H,4-9H2,1-3H3,(H,12,13);11-12H,4-10H2,1-3H3;11H,4-10H2,1-3H3;9-10H,4-8H2,1-3H3;4H,1H2,2-3H3;1H3;/q;;;;;;2*-1;. The number of carbonyl (C=O) groups excluding carboxylic acids is 3. The zero-order chi connectivity index (χ0) is 61.6. The number of carbonyl (C=O) groups is 3. The van der Waals surface area contributed by atoms with E-state index in [-0.39, 0.29) is 52.0 Å². The van der Waals surface area contributed by atoms with E-state index in [1.807, 2.05) is 34.9 Å². The van der Waals surface area contributed by atoms with Gasteiger partial charge < -0.3 is 35.6 Å². The largest absolute Gasteiger partial charge is 0.358 e. The van der Waals surface area contributed by atoms with Gasteiger partial charge in [-0.1, -0.05) is 304 Å². The van der Waals surface area contributed by atoms with Crippen LogP contribution in [0.5, 0.6) is 0 Å². The van der Waals surface area contributed by atoms with E-state index < -0.39 is 0 Å². The fourth-order valence-electron chi connectivity index (χ4n) is 8.10. The zero-order valence-electron chi connectivity index (χ0n) is 60.0. The smallest absolute Gasteiger partial charge is 0.219 e. The van der Waals surface area contributed by atoms with Gasteiger partial charge in [-0.15, -0.1) is 0 Å². The summed E-state index contributed by atoms with van der Waals surface area (Å²) in [5.74, 6) is 6.53. The molecular formula is C73H158N4O3Y-2. The minimum atomic E-state index is 0. The molecule has 0 fully saturated rings. The molecule has 0 rings (SSSR count). The van der Waals surface area contributed by atoms with Crippen molar-refractivity contribution < 1.29 is 47.1 Å². The maximum absolute atomic E-state index is 11.0. The summed E-state index contributed by atoms with van der Waals surface area (Å²) >= 11 is 0. The molecular weight excluding hydrogens is 1070 g/mol. The Bertz CT molecular complexity index is 1090. The molecule has 0 unspecified atom stereocenters. The van der Waals surface area contributed by atoms with Gasteiger partial charge in [0.1, 0.15) is 5.78 Å². The van der Waals surface area contributed by atoms with E-state index in [4.69, 9.17) is 0 Å². The maximum atomic E-state index is 11.0. The van der Waals surface area contributed by atoms with Crippen LogP contribution < -0.4 is 21.3 Å². The molecule has 1 radical (unpaired) electrons. The fraction of sp³-hybridized carbons (Fsp3) is 0.932. The van der Waals surface area contributed by atoms with E-state index in [0.717, 1.165) is 74.3 Å². The fourth-order valence-corrected chi connectivity index (χ4v) is 8.10. The van der Waals surface area contributed by atoms with E-state index in [1.54, 1.807) is 0 Å². The molecule has 7 nitrogen and oxygen atoms in total. The Kier molecular flexibility index (Phi) is 109. The van der Waals surface area contributed by atoms with Crippen LogP contribution in [0, 0.1) is 55.8 Å². The van der Waals surface area contributed by atoms with Crippen molar-refractivity contribution in [3.63, 3.8) is 0 Å². The van der Waals surface area contributed by atoms with Crippen LogP contribution in [-0.4, -0.2) is 57.9 Å². The Morgan fingerprint density at radius 1 is 0.321 bits per heavy atom. The average Bonchev–Trinajstić information content (AvgIpc) is 3.38.